The molecule has 0 fully saturated rings. The van der Waals surface area contributed by atoms with Gasteiger partial charge in [-0.25, -0.2) is 4.98 Å². The van der Waals surface area contributed by atoms with Gasteiger partial charge in [-0.05, 0) is 24.6 Å². The first kappa shape index (κ1) is 11.2. The SMILES string of the molecule is Cc1cn(C)c(NCc2ccc(Br)cc2)n1. The number of halogens is 1. The predicted octanol–water partition coefficient (Wildman–Crippen LogP) is 3.10. The number of aryl methyl sites for hydroxylation is 2. The minimum atomic E-state index is 0.789. The van der Waals surface area contributed by atoms with Crippen LogP contribution in [0.4, 0.5) is 5.95 Å². The van der Waals surface area contributed by atoms with E-state index in [-0.39, 0.29) is 0 Å². The van der Waals surface area contributed by atoms with Gasteiger partial charge in [0.25, 0.3) is 0 Å². The lowest BCUT2D eigenvalue weighted by atomic mass is 10.2. The Morgan fingerprint density at radius 2 is 2.00 bits per heavy atom. The van der Waals surface area contributed by atoms with E-state index in [0.29, 0.717) is 0 Å². The molecule has 0 aliphatic heterocycles. The molecule has 1 N–H and O–H groups in total. The highest BCUT2D eigenvalue weighted by molar-refractivity contribution is 9.10. The molecule has 4 heteroatoms. The van der Waals surface area contributed by atoms with Gasteiger partial charge >= 0.3 is 0 Å². The molecule has 0 bridgehead atoms. The van der Waals surface area contributed by atoms with E-state index in [1.165, 1.54) is 5.56 Å². The van der Waals surface area contributed by atoms with Crippen molar-refractivity contribution in [2.75, 3.05) is 5.32 Å². The van der Waals surface area contributed by atoms with Crippen LogP contribution in [0.3, 0.4) is 0 Å². The zero-order chi connectivity index (χ0) is 11.5. The fourth-order valence-electron chi connectivity index (χ4n) is 1.56. The van der Waals surface area contributed by atoms with Crippen molar-refractivity contribution < 1.29 is 0 Å². The van der Waals surface area contributed by atoms with Crippen molar-refractivity contribution in [2.45, 2.75) is 13.5 Å². The van der Waals surface area contributed by atoms with Gasteiger partial charge in [0.1, 0.15) is 0 Å². The van der Waals surface area contributed by atoms with Gasteiger partial charge in [0.2, 0.25) is 5.95 Å². The molecule has 2 aromatic rings. The van der Waals surface area contributed by atoms with Gasteiger partial charge in [-0.15, -0.1) is 0 Å². The Morgan fingerprint density at radius 3 is 2.56 bits per heavy atom. The van der Waals surface area contributed by atoms with Gasteiger partial charge < -0.3 is 9.88 Å². The maximum Gasteiger partial charge on any atom is 0.203 e. The molecule has 3 nitrogen and oxygen atoms in total. The molecular weight excluding hydrogens is 266 g/mol. The summed E-state index contributed by atoms with van der Waals surface area (Å²) in [4.78, 5) is 4.39. The third-order valence-corrected chi connectivity index (χ3v) is 2.89. The van der Waals surface area contributed by atoms with Crippen LogP contribution in [-0.4, -0.2) is 9.55 Å². The number of hydrogen-bond acceptors (Lipinski definition) is 2. The fourth-order valence-corrected chi connectivity index (χ4v) is 1.83. The maximum atomic E-state index is 4.39. The minimum Gasteiger partial charge on any atom is -0.352 e. The topological polar surface area (TPSA) is 29.9 Å². The molecule has 0 atom stereocenters. The largest absolute Gasteiger partial charge is 0.352 e. The number of nitrogens with one attached hydrogen (secondary N) is 1. The summed E-state index contributed by atoms with van der Waals surface area (Å²) in [5, 5.41) is 3.31. The molecule has 2 rings (SSSR count). The Balaban J connectivity index is 2.02. The van der Waals surface area contributed by atoms with Gasteiger partial charge in [-0.3, -0.25) is 0 Å². The van der Waals surface area contributed by atoms with E-state index in [9.17, 15) is 0 Å². The standard InChI is InChI=1S/C12H14BrN3/c1-9-8-16(2)12(15-9)14-7-10-3-5-11(13)6-4-10/h3-6,8H,7H2,1-2H3,(H,14,15). The van der Waals surface area contributed by atoms with E-state index in [1.54, 1.807) is 0 Å². The first-order valence-electron chi connectivity index (χ1n) is 5.13. The lowest BCUT2D eigenvalue weighted by molar-refractivity contribution is 0.900. The zero-order valence-electron chi connectivity index (χ0n) is 9.37. The van der Waals surface area contributed by atoms with Crippen molar-refractivity contribution in [1.29, 1.82) is 0 Å². The Bertz CT molecular complexity index is 474. The van der Waals surface area contributed by atoms with Crippen LogP contribution in [0, 0.1) is 6.92 Å². The first-order chi connectivity index (χ1) is 7.65. The Hall–Kier alpha value is -1.29. The minimum absolute atomic E-state index is 0.789. The highest BCUT2D eigenvalue weighted by atomic mass is 79.9. The Labute approximate surface area is 104 Å². The number of aromatic nitrogens is 2. The van der Waals surface area contributed by atoms with E-state index in [1.807, 2.05) is 36.9 Å². The average molecular weight is 280 g/mol. The van der Waals surface area contributed by atoms with E-state index in [2.05, 4.69) is 38.4 Å². The van der Waals surface area contributed by atoms with E-state index in [4.69, 9.17) is 0 Å². The molecule has 0 saturated carbocycles. The average Bonchev–Trinajstić information content (AvgIpc) is 2.57. The number of rotatable bonds is 3. The molecule has 16 heavy (non-hydrogen) atoms. The number of hydrogen-bond donors (Lipinski definition) is 1. The normalized spacial score (nSPS) is 10.4. The maximum absolute atomic E-state index is 4.39. The summed E-state index contributed by atoms with van der Waals surface area (Å²) >= 11 is 3.42. The predicted molar refractivity (Wildman–Crippen MR) is 69.4 cm³/mol. The van der Waals surface area contributed by atoms with Crippen LogP contribution < -0.4 is 5.32 Å². The highest BCUT2D eigenvalue weighted by Crippen LogP contribution is 2.12. The van der Waals surface area contributed by atoms with Gasteiger partial charge in [-0.2, -0.15) is 0 Å². The van der Waals surface area contributed by atoms with Gasteiger partial charge in [-0.1, -0.05) is 28.1 Å². The van der Waals surface area contributed by atoms with Gasteiger partial charge in [0.15, 0.2) is 0 Å². The number of nitrogens with zero attached hydrogens (tertiary/aromatic N) is 2. The van der Waals surface area contributed by atoms with Crippen LogP contribution in [0.2, 0.25) is 0 Å². The molecule has 0 amide bonds. The fraction of sp³-hybridized carbons (Fsp3) is 0.250. The summed E-state index contributed by atoms with van der Waals surface area (Å²) in [5.41, 5.74) is 2.27. The second-order valence-corrected chi connectivity index (χ2v) is 4.71. The molecule has 0 radical (unpaired) electrons. The van der Waals surface area contributed by atoms with Crippen LogP contribution in [0.1, 0.15) is 11.3 Å². The smallest absolute Gasteiger partial charge is 0.203 e. The van der Waals surface area contributed by atoms with E-state index < -0.39 is 0 Å². The third-order valence-electron chi connectivity index (χ3n) is 2.36. The molecule has 1 heterocycles. The molecule has 0 spiro atoms. The molecular formula is C12H14BrN3. The zero-order valence-corrected chi connectivity index (χ0v) is 11.0. The van der Waals surface area contributed by atoms with Gasteiger partial charge in [0.05, 0.1) is 5.69 Å². The second kappa shape index (κ2) is 4.70. The summed E-state index contributed by atoms with van der Waals surface area (Å²) in [6.45, 7) is 2.78. The third kappa shape index (κ3) is 2.64. The number of anilines is 1. The van der Waals surface area contributed by atoms with Crippen molar-refractivity contribution in [3.8, 4) is 0 Å². The molecule has 84 valence electrons. The monoisotopic (exact) mass is 279 g/mol. The lowest BCUT2D eigenvalue weighted by Crippen LogP contribution is -2.04. The van der Waals surface area contributed by atoms with Crippen LogP contribution in [-0.2, 0) is 13.6 Å². The summed E-state index contributed by atoms with van der Waals surface area (Å²) < 4.78 is 3.10. The molecule has 0 saturated heterocycles. The summed E-state index contributed by atoms with van der Waals surface area (Å²) in [6, 6.07) is 8.27. The van der Waals surface area contributed by atoms with E-state index in [0.717, 1.165) is 22.7 Å². The molecule has 0 aliphatic carbocycles. The molecule has 0 unspecified atom stereocenters. The highest BCUT2D eigenvalue weighted by Gasteiger charge is 2.01. The van der Waals surface area contributed by atoms with Crippen LogP contribution >= 0.6 is 15.9 Å². The summed E-state index contributed by atoms with van der Waals surface area (Å²) in [5.74, 6) is 0.903. The molecule has 1 aromatic carbocycles. The number of imidazole rings is 1. The lowest BCUT2D eigenvalue weighted by Gasteiger charge is -2.05. The second-order valence-electron chi connectivity index (χ2n) is 3.80. The molecule has 1 aromatic heterocycles. The Morgan fingerprint density at radius 1 is 1.31 bits per heavy atom. The first-order valence-corrected chi connectivity index (χ1v) is 5.93. The van der Waals surface area contributed by atoms with Crippen molar-refractivity contribution in [2.24, 2.45) is 7.05 Å². The Kier molecular flexibility index (Phi) is 3.29. The van der Waals surface area contributed by atoms with Crippen molar-refractivity contribution in [1.82, 2.24) is 9.55 Å². The summed E-state index contributed by atoms with van der Waals surface area (Å²) in [7, 11) is 1.99. The number of benzene rings is 1. The molecule has 0 aliphatic rings. The quantitative estimate of drug-likeness (QED) is 0.936. The van der Waals surface area contributed by atoms with E-state index >= 15 is 0 Å². The van der Waals surface area contributed by atoms with Crippen LogP contribution in [0.25, 0.3) is 0 Å². The summed E-state index contributed by atoms with van der Waals surface area (Å²) in [6.07, 6.45) is 2.00. The van der Waals surface area contributed by atoms with Crippen LogP contribution in [0.5, 0.6) is 0 Å². The van der Waals surface area contributed by atoms with Crippen molar-refractivity contribution >= 4 is 21.9 Å². The van der Waals surface area contributed by atoms with Crippen molar-refractivity contribution in [3.05, 3.63) is 46.2 Å². The van der Waals surface area contributed by atoms with Gasteiger partial charge in [0, 0.05) is 24.3 Å². The van der Waals surface area contributed by atoms with Crippen LogP contribution in [0.15, 0.2) is 34.9 Å². The van der Waals surface area contributed by atoms with Crippen molar-refractivity contribution in [3.63, 3.8) is 0 Å².